The quantitative estimate of drug-likeness (QED) is 0.0568. The second kappa shape index (κ2) is 15.6. The van der Waals surface area contributed by atoms with E-state index in [0.717, 1.165) is 18.2 Å². The van der Waals surface area contributed by atoms with Crippen LogP contribution in [0, 0.1) is 6.92 Å². The van der Waals surface area contributed by atoms with Crippen molar-refractivity contribution >= 4 is 16.8 Å². The van der Waals surface area contributed by atoms with Gasteiger partial charge in [-0.3, -0.25) is 9.59 Å². The average Bonchev–Trinajstić information content (AvgIpc) is 3.16. The number of hydrogen-bond donors (Lipinski definition) is 11. The van der Waals surface area contributed by atoms with Crippen molar-refractivity contribution < 1.29 is 94.1 Å². The Kier molecular flexibility index (Phi) is 10.9. The summed E-state index contributed by atoms with van der Waals surface area (Å²) in [6.45, 7) is -0.236. The Balaban J connectivity index is 1.21. The van der Waals surface area contributed by atoms with Crippen LogP contribution in [0.2, 0.25) is 0 Å². The number of hydrogen-bond acceptors (Lipinski definition) is 20. The molecule has 4 aromatic rings. The number of aryl methyl sites for hydroxylation is 1. The average molecular weight is 803 g/mol. The van der Waals surface area contributed by atoms with Crippen molar-refractivity contribution in [3.05, 3.63) is 75.1 Å². The van der Waals surface area contributed by atoms with Crippen LogP contribution in [0.15, 0.2) is 51.7 Å². The lowest BCUT2D eigenvalue weighted by Gasteiger charge is -2.41. The molecule has 0 bridgehead atoms. The van der Waals surface area contributed by atoms with Crippen molar-refractivity contribution in [3.8, 4) is 40.2 Å². The maximum atomic E-state index is 13.7. The molecule has 4 heterocycles. The first-order chi connectivity index (χ1) is 27.1. The van der Waals surface area contributed by atoms with Gasteiger partial charge in [-0.2, -0.15) is 4.89 Å². The van der Waals surface area contributed by atoms with Gasteiger partial charge in [-0.25, -0.2) is 0 Å². The third kappa shape index (κ3) is 7.27. The Morgan fingerprint density at radius 2 is 1.49 bits per heavy atom. The normalized spacial score (nSPS) is 30.1. The van der Waals surface area contributed by atoms with E-state index in [2.05, 4.69) is 0 Å². The third-order valence-corrected chi connectivity index (χ3v) is 9.95. The fraction of sp³-hybridized carbons (Fsp3) is 0.405. The Hall–Kier alpha value is -5.26. The zero-order valence-corrected chi connectivity index (χ0v) is 29.6. The first kappa shape index (κ1) is 40.0. The second-order valence-corrected chi connectivity index (χ2v) is 13.7. The summed E-state index contributed by atoms with van der Waals surface area (Å²) < 4.78 is 28.8. The summed E-state index contributed by atoms with van der Waals surface area (Å²) in [5.74, 6) is -3.68. The van der Waals surface area contributed by atoms with Crippen molar-refractivity contribution in [1.29, 1.82) is 0 Å². The Labute approximate surface area is 320 Å². The first-order valence-corrected chi connectivity index (χ1v) is 17.4. The molecule has 3 aliphatic heterocycles. The number of carbonyl (C=O) groups is 1. The number of fused-ring (bicyclic) bond motifs is 2. The molecule has 0 amide bonds. The van der Waals surface area contributed by atoms with Gasteiger partial charge in [-0.15, -0.1) is 0 Å². The molecule has 306 valence electrons. The van der Waals surface area contributed by atoms with E-state index in [1.54, 1.807) is 0 Å². The van der Waals surface area contributed by atoms with Gasteiger partial charge in [-0.1, -0.05) is 6.07 Å². The highest BCUT2D eigenvalue weighted by atomic mass is 17.2. The maximum absolute atomic E-state index is 13.7. The van der Waals surface area contributed by atoms with Gasteiger partial charge in [0, 0.05) is 24.3 Å². The van der Waals surface area contributed by atoms with E-state index in [4.69, 9.17) is 33.1 Å². The number of rotatable bonds is 9. The number of Topliss-reactive ketones (excluding diaryl/α,β-unsaturated/α-hetero) is 1. The van der Waals surface area contributed by atoms with E-state index in [-0.39, 0.29) is 51.3 Å². The van der Waals surface area contributed by atoms with Gasteiger partial charge < -0.3 is 84.4 Å². The van der Waals surface area contributed by atoms with Gasteiger partial charge in [0.1, 0.15) is 94.6 Å². The fourth-order valence-corrected chi connectivity index (χ4v) is 7.02. The first-order valence-electron chi connectivity index (χ1n) is 17.4. The lowest BCUT2D eigenvalue weighted by atomic mass is 9.89. The molecular formula is C37H38O20. The van der Waals surface area contributed by atoms with Crippen LogP contribution in [0.5, 0.6) is 40.2 Å². The van der Waals surface area contributed by atoms with Gasteiger partial charge in [-0.05, 0) is 24.6 Å². The van der Waals surface area contributed by atoms with Gasteiger partial charge in [0.2, 0.25) is 6.29 Å². The highest BCUT2D eigenvalue weighted by Crippen LogP contribution is 2.46. The fourth-order valence-electron chi connectivity index (χ4n) is 7.02. The van der Waals surface area contributed by atoms with Gasteiger partial charge >= 0.3 is 0 Å². The Morgan fingerprint density at radius 1 is 0.754 bits per heavy atom. The summed E-state index contributed by atoms with van der Waals surface area (Å²) in [4.78, 5) is 37.5. The number of carbonyl (C=O) groups excluding carboxylic acids is 1. The number of ketones is 1. The summed E-state index contributed by atoms with van der Waals surface area (Å²) in [7, 11) is 0. The highest BCUT2D eigenvalue weighted by molar-refractivity contribution is 6.03. The molecule has 11 atom stereocenters. The Morgan fingerprint density at radius 3 is 2.19 bits per heavy atom. The van der Waals surface area contributed by atoms with Gasteiger partial charge in [0.15, 0.2) is 40.1 Å². The van der Waals surface area contributed by atoms with Crippen molar-refractivity contribution in [2.75, 3.05) is 13.2 Å². The van der Waals surface area contributed by atoms with Crippen molar-refractivity contribution in [2.45, 2.75) is 80.7 Å². The minimum Gasteiger partial charge on any atom is -0.507 e. The molecule has 20 heteroatoms. The largest absolute Gasteiger partial charge is 0.507 e. The predicted molar refractivity (Wildman–Crippen MR) is 186 cm³/mol. The molecule has 3 aromatic carbocycles. The van der Waals surface area contributed by atoms with Crippen LogP contribution >= 0.6 is 0 Å². The molecule has 1 aromatic heterocycles. The van der Waals surface area contributed by atoms with Crippen LogP contribution in [0.3, 0.4) is 0 Å². The van der Waals surface area contributed by atoms with E-state index in [1.165, 1.54) is 31.2 Å². The third-order valence-electron chi connectivity index (χ3n) is 9.95. The van der Waals surface area contributed by atoms with Crippen molar-refractivity contribution in [1.82, 2.24) is 0 Å². The standard InChI is InChI=1S/C37H38O20/c1-12-4-17(42)26-18(43)8-19(44)28(35(26)51-12)36-32(49)31(48)34(25(11-39)54-36)57-56-23-7-14(52-37-33(50)30(47)29(46)24(10-38)55-37)6-22-27(23)20(45)9-21(53-22)13-2-3-15(40)16(41)5-13/h2-8,21,24-25,29-34,36-41,43-44,46-50H,9-11H2,1H3/t21-,24+,25+,29+,30-,31+,32+,33+,34+,36-,37+/m0/s1. The predicted octanol–water partition coefficient (Wildman–Crippen LogP) is -0.658. The Bertz CT molecular complexity index is 2220. The molecule has 3 aliphatic rings. The van der Waals surface area contributed by atoms with Crippen LogP contribution in [-0.2, 0) is 14.4 Å². The molecular weight excluding hydrogens is 764 g/mol. The van der Waals surface area contributed by atoms with Gasteiger partial charge in [0.25, 0.3) is 0 Å². The molecule has 0 aliphatic carbocycles. The number of phenolic OH excluding ortho intramolecular Hbond substituents is 4. The van der Waals surface area contributed by atoms with E-state index >= 15 is 0 Å². The smallest absolute Gasteiger partial charge is 0.229 e. The summed E-state index contributed by atoms with van der Waals surface area (Å²) in [6, 6.07) is 7.94. The molecule has 2 saturated heterocycles. The van der Waals surface area contributed by atoms with Crippen LogP contribution in [0.25, 0.3) is 11.0 Å². The molecule has 57 heavy (non-hydrogen) atoms. The zero-order chi connectivity index (χ0) is 41.0. The summed E-state index contributed by atoms with van der Waals surface area (Å²) in [5.41, 5.74) is -1.34. The molecule has 11 N–H and O–H groups in total. The lowest BCUT2D eigenvalue weighted by Crippen LogP contribution is -2.60. The number of ether oxygens (including phenoxy) is 4. The molecule has 0 saturated carbocycles. The number of aromatic hydroxyl groups is 4. The number of aliphatic hydroxyl groups excluding tert-OH is 7. The topological polar surface area (TPSA) is 325 Å². The van der Waals surface area contributed by atoms with Crippen molar-refractivity contribution in [3.63, 3.8) is 0 Å². The SMILES string of the molecule is Cc1cc(=O)c2c(O)cc(O)c([C@@H]3O[C@H](CO)[C@@H](OOc4cc(O[C@@H]5O[C@H](CO)[C@@H](O)[C@H](O)[C@H]5O)cc5c4C(=O)C[C@@H](c4ccc(O)c(O)c4)O5)[C@H](O)[C@H]3O)c2o1. The number of benzene rings is 3. The summed E-state index contributed by atoms with van der Waals surface area (Å²) in [5, 5.41) is 114. The van der Waals surface area contributed by atoms with Crippen LogP contribution in [-0.4, -0.2) is 130 Å². The van der Waals surface area contributed by atoms with E-state index in [9.17, 15) is 65.8 Å². The molecule has 7 rings (SSSR count). The van der Waals surface area contributed by atoms with Crippen LogP contribution in [0.4, 0.5) is 0 Å². The second-order valence-electron chi connectivity index (χ2n) is 13.7. The lowest BCUT2D eigenvalue weighted by molar-refractivity contribution is -0.334. The van der Waals surface area contributed by atoms with Crippen LogP contribution < -0.4 is 19.8 Å². The zero-order valence-electron chi connectivity index (χ0n) is 29.6. The summed E-state index contributed by atoms with van der Waals surface area (Å²) in [6.07, 6.45) is -18.7. The highest BCUT2D eigenvalue weighted by Gasteiger charge is 2.49. The monoisotopic (exact) mass is 802 g/mol. The van der Waals surface area contributed by atoms with E-state index in [0.29, 0.717) is 0 Å². The number of phenols is 4. The minimum absolute atomic E-state index is 0.0741. The van der Waals surface area contributed by atoms with E-state index in [1.807, 2.05) is 0 Å². The van der Waals surface area contributed by atoms with Gasteiger partial charge in [0.05, 0.1) is 25.2 Å². The molecule has 2 fully saturated rings. The maximum Gasteiger partial charge on any atom is 0.229 e. The van der Waals surface area contributed by atoms with Crippen LogP contribution in [0.1, 0.15) is 45.9 Å². The van der Waals surface area contributed by atoms with E-state index < -0.39 is 121 Å². The number of aliphatic hydroxyl groups is 7. The molecule has 0 radical (unpaired) electrons. The summed E-state index contributed by atoms with van der Waals surface area (Å²) >= 11 is 0. The molecule has 20 nitrogen and oxygen atoms in total. The minimum atomic E-state index is -1.98. The molecule has 0 unspecified atom stereocenters. The molecule has 0 spiro atoms. The van der Waals surface area contributed by atoms with Crippen molar-refractivity contribution in [2.24, 2.45) is 0 Å².